The Morgan fingerprint density at radius 1 is 0.450 bits per heavy atom. The minimum absolute atomic E-state index is 0.00906. The largest absolute Gasteiger partial charge is 0.534 e. The van der Waals surface area contributed by atoms with Crippen LogP contribution in [-0.4, -0.2) is 27.9 Å². The fourth-order valence-electron chi connectivity index (χ4n) is 3.76. The average molecular weight is 603 g/mol. The van der Waals surface area contributed by atoms with Crippen LogP contribution in [0.15, 0.2) is 97.1 Å². The van der Waals surface area contributed by atoms with E-state index in [2.05, 4.69) is 8.37 Å². The Labute approximate surface area is 224 Å². The van der Waals surface area contributed by atoms with Gasteiger partial charge in [0.05, 0.1) is 0 Å². The molecule has 0 aliphatic heterocycles. The summed E-state index contributed by atoms with van der Waals surface area (Å²) in [6.45, 7) is 0. The van der Waals surface area contributed by atoms with Crippen molar-refractivity contribution in [2.24, 2.45) is 0 Å². The van der Waals surface area contributed by atoms with Gasteiger partial charge in [-0.3, -0.25) is 0 Å². The van der Waals surface area contributed by atoms with Crippen LogP contribution in [0, 0.1) is 0 Å². The van der Waals surface area contributed by atoms with Gasteiger partial charge in [-0.25, -0.2) is 0 Å². The molecule has 0 heterocycles. The lowest BCUT2D eigenvalue weighted by Gasteiger charge is -2.20. The van der Waals surface area contributed by atoms with Crippen LogP contribution in [0.1, 0.15) is 0 Å². The molecule has 0 aromatic heterocycles. The second kappa shape index (κ2) is 10.5. The van der Waals surface area contributed by atoms with Crippen molar-refractivity contribution in [3.8, 4) is 44.9 Å². The van der Waals surface area contributed by atoms with Crippen LogP contribution in [0.3, 0.4) is 0 Å². The summed E-state index contributed by atoms with van der Waals surface area (Å²) in [5.41, 5.74) is -11.0. The van der Waals surface area contributed by atoms with E-state index in [1.807, 2.05) is 0 Å². The number of benzene rings is 4. The van der Waals surface area contributed by atoms with E-state index < -0.39 is 42.8 Å². The Hall–Kier alpha value is -4.04. The Morgan fingerprint density at radius 2 is 0.850 bits per heavy atom. The highest BCUT2D eigenvalue weighted by molar-refractivity contribution is 7.88. The number of para-hydroxylation sites is 2. The molecular formula is C26H16F6O6S2. The second-order valence-corrected chi connectivity index (χ2v) is 11.1. The molecule has 0 N–H and O–H groups in total. The first-order valence-electron chi connectivity index (χ1n) is 11.0. The van der Waals surface area contributed by atoms with Gasteiger partial charge in [-0.1, -0.05) is 84.9 Å². The Kier molecular flexibility index (Phi) is 7.60. The predicted molar refractivity (Wildman–Crippen MR) is 134 cm³/mol. The predicted octanol–water partition coefficient (Wildman–Crippen LogP) is 7.14. The summed E-state index contributed by atoms with van der Waals surface area (Å²) >= 11 is 0. The zero-order chi connectivity index (χ0) is 29.3. The molecule has 0 spiro atoms. The van der Waals surface area contributed by atoms with Crippen molar-refractivity contribution in [3.05, 3.63) is 97.1 Å². The van der Waals surface area contributed by atoms with Crippen molar-refractivity contribution in [3.63, 3.8) is 0 Å². The van der Waals surface area contributed by atoms with Crippen LogP contribution >= 0.6 is 0 Å². The Balaban J connectivity index is 2.04. The van der Waals surface area contributed by atoms with Gasteiger partial charge in [0, 0.05) is 16.7 Å². The summed E-state index contributed by atoms with van der Waals surface area (Å²) in [5.74, 6) is -1.46. The highest BCUT2D eigenvalue weighted by Gasteiger charge is 2.49. The molecule has 0 unspecified atom stereocenters. The molecule has 0 amide bonds. The molecule has 0 fully saturated rings. The van der Waals surface area contributed by atoms with Crippen molar-refractivity contribution >= 4 is 20.2 Å². The summed E-state index contributed by atoms with van der Waals surface area (Å²) in [5, 5.41) is 0. The Morgan fingerprint density at radius 3 is 1.38 bits per heavy atom. The smallest absolute Gasteiger partial charge is 0.375 e. The van der Waals surface area contributed by atoms with E-state index in [1.54, 1.807) is 36.4 Å². The van der Waals surface area contributed by atoms with Gasteiger partial charge in [0.1, 0.15) is 0 Å². The van der Waals surface area contributed by atoms with Gasteiger partial charge < -0.3 is 8.37 Å². The molecule has 6 nitrogen and oxygen atoms in total. The first-order valence-corrected chi connectivity index (χ1v) is 13.8. The summed E-state index contributed by atoms with van der Waals surface area (Å²) < 4.78 is 135. The third-order valence-corrected chi connectivity index (χ3v) is 7.38. The Bertz CT molecular complexity index is 1750. The van der Waals surface area contributed by atoms with E-state index in [1.165, 1.54) is 48.5 Å². The van der Waals surface area contributed by atoms with Crippen LogP contribution in [0.4, 0.5) is 26.3 Å². The van der Waals surface area contributed by atoms with Crippen LogP contribution < -0.4 is 8.37 Å². The van der Waals surface area contributed by atoms with Crippen molar-refractivity contribution in [1.29, 1.82) is 0 Å². The maximum atomic E-state index is 13.2. The monoisotopic (exact) mass is 602 g/mol. The lowest BCUT2D eigenvalue weighted by Crippen LogP contribution is -2.28. The van der Waals surface area contributed by atoms with E-state index in [9.17, 15) is 43.2 Å². The topological polar surface area (TPSA) is 86.7 Å². The van der Waals surface area contributed by atoms with Gasteiger partial charge >= 0.3 is 31.3 Å². The highest BCUT2D eigenvalue weighted by Crippen LogP contribution is 2.47. The average Bonchev–Trinajstić information content (AvgIpc) is 2.88. The fourth-order valence-corrected chi connectivity index (χ4v) is 4.72. The zero-order valence-electron chi connectivity index (χ0n) is 19.8. The van der Waals surface area contributed by atoms with E-state index in [4.69, 9.17) is 0 Å². The third-order valence-electron chi connectivity index (χ3n) is 5.45. The fraction of sp³-hybridized carbons (Fsp3) is 0.0769. The van der Waals surface area contributed by atoms with Crippen LogP contribution in [0.25, 0.3) is 33.4 Å². The van der Waals surface area contributed by atoms with E-state index in [0.717, 1.165) is 12.1 Å². The maximum absolute atomic E-state index is 13.2. The number of halogens is 6. The van der Waals surface area contributed by atoms with Crippen LogP contribution in [0.5, 0.6) is 11.5 Å². The molecule has 0 saturated heterocycles. The molecular weight excluding hydrogens is 586 g/mol. The molecule has 0 radical (unpaired) electrons. The molecule has 4 aromatic carbocycles. The molecule has 4 rings (SSSR count). The van der Waals surface area contributed by atoms with Gasteiger partial charge in [0.2, 0.25) is 0 Å². The van der Waals surface area contributed by atoms with Gasteiger partial charge in [-0.05, 0) is 28.8 Å². The molecule has 0 aliphatic rings. The minimum atomic E-state index is -6.11. The number of rotatable bonds is 7. The summed E-state index contributed by atoms with van der Waals surface area (Å²) in [7, 11) is -12.2. The molecule has 40 heavy (non-hydrogen) atoms. The van der Waals surface area contributed by atoms with E-state index in [0.29, 0.717) is 11.1 Å². The standard InChI is InChI=1S/C26H16F6O6S2/c27-25(28,29)39(33,34)37-22-15-6-4-11-19(22)20-14-8-13-18(17-9-2-1-3-10-17)24(20)21-12-5-7-16-23(21)38-40(35,36)26(30,31)32/h1-16H. The van der Waals surface area contributed by atoms with Gasteiger partial charge in [0.25, 0.3) is 0 Å². The highest BCUT2D eigenvalue weighted by atomic mass is 32.2. The quantitative estimate of drug-likeness (QED) is 0.127. The summed E-state index contributed by atoms with van der Waals surface area (Å²) in [6, 6.07) is 22.3. The molecule has 0 saturated carbocycles. The SMILES string of the molecule is O=S(=O)(Oc1ccccc1-c1cccc(-c2ccccc2)c1-c1ccccc1OS(=O)(=O)C(F)(F)F)C(F)(F)F. The minimum Gasteiger partial charge on any atom is -0.375 e. The van der Waals surface area contributed by atoms with Gasteiger partial charge in [-0.15, -0.1) is 0 Å². The number of alkyl halides is 6. The number of hydrogen-bond donors (Lipinski definition) is 0. The zero-order valence-corrected chi connectivity index (χ0v) is 21.4. The lowest BCUT2D eigenvalue weighted by atomic mass is 9.87. The molecule has 0 atom stereocenters. The van der Waals surface area contributed by atoms with Gasteiger partial charge in [0.15, 0.2) is 11.5 Å². The van der Waals surface area contributed by atoms with Crippen molar-refractivity contribution in [1.82, 2.24) is 0 Å². The second-order valence-electron chi connectivity index (χ2n) is 8.05. The van der Waals surface area contributed by atoms with Crippen LogP contribution in [-0.2, 0) is 20.2 Å². The van der Waals surface area contributed by atoms with Crippen LogP contribution in [0.2, 0.25) is 0 Å². The summed E-state index contributed by atoms with van der Waals surface area (Å²) in [4.78, 5) is 0. The first-order chi connectivity index (χ1) is 18.6. The normalized spacial score (nSPS) is 12.7. The maximum Gasteiger partial charge on any atom is 0.534 e. The van der Waals surface area contributed by atoms with Crippen molar-refractivity contribution in [2.45, 2.75) is 11.0 Å². The molecule has 0 aliphatic carbocycles. The first kappa shape index (κ1) is 29.0. The van der Waals surface area contributed by atoms with E-state index >= 15 is 0 Å². The van der Waals surface area contributed by atoms with E-state index in [-0.39, 0.29) is 22.3 Å². The molecule has 4 aromatic rings. The van der Waals surface area contributed by atoms with Crippen molar-refractivity contribution in [2.75, 3.05) is 0 Å². The third kappa shape index (κ3) is 5.77. The van der Waals surface area contributed by atoms with Crippen molar-refractivity contribution < 1.29 is 51.5 Å². The molecule has 0 bridgehead atoms. The lowest BCUT2D eigenvalue weighted by molar-refractivity contribution is -0.0504. The van der Waals surface area contributed by atoms with Gasteiger partial charge in [-0.2, -0.15) is 43.2 Å². The summed E-state index contributed by atoms with van der Waals surface area (Å²) in [6.07, 6.45) is 0. The number of hydrogen-bond acceptors (Lipinski definition) is 6. The molecule has 14 heteroatoms. The molecule has 210 valence electrons.